The fourth-order valence-corrected chi connectivity index (χ4v) is 4.53. The van der Waals surface area contributed by atoms with Crippen molar-refractivity contribution in [3.05, 3.63) is 38.6 Å². The summed E-state index contributed by atoms with van der Waals surface area (Å²) in [5, 5.41) is 15.5. The van der Waals surface area contributed by atoms with E-state index in [-0.39, 0.29) is 21.4 Å². The maximum absolute atomic E-state index is 12.1. The lowest BCUT2D eigenvalue weighted by molar-refractivity contribution is -0.383. The predicted molar refractivity (Wildman–Crippen MR) is 78.9 cm³/mol. The van der Waals surface area contributed by atoms with Gasteiger partial charge in [0.1, 0.15) is 4.21 Å². The highest BCUT2D eigenvalue weighted by Gasteiger charge is 2.25. The van der Waals surface area contributed by atoms with E-state index >= 15 is 0 Å². The minimum Gasteiger partial charge on any atom is -0.374 e. The molecule has 0 aliphatic rings. The molecule has 0 radical (unpaired) electrons. The first kappa shape index (κ1) is 14.9. The van der Waals surface area contributed by atoms with Gasteiger partial charge in [-0.3, -0.25) is 10.1 Å². The highest BCUT2D eigenvalue weighted by molar-refractivity contribution is 7.91. The molecule has 0 unspecified atom stereocenters. The first-order valence-corrected chi connectivity index (χ1v) is 8.60. The largest absolute Gasteiger partial charge is 0.374 e. The molecule has 2 rings (SSSR count). The van der Waals surface area contributed by atoms with Crippen LogP contribution in [0.2, 0.25) is 0 Å². The van der Waals surface area contributed by atoms with E-state index in [0.717, 1.165) is 22.3 Å². The van der Waals surface area contributed by atoms with Crippen LogP contribution < -0.4 is 10.0 Å². The Kier molecular flexibility index (Phi) is 4.38. The summed E-state index contributed by atoms with van der Waals surface area (Å²) >= 11 is 2.26. The first-order chi connectivity index (χ1) is 9.44. The van der Waals surface area contributed by atoms with Gasteiger partial charge in [-0.1, -0.05) is 17.4 Å². The van der Waals surface area contributed by atoms with Gasteiger partial charge < -0.3 is 5.32 Å². The molecular weight excluding hydrogens is 322 g/mol. The summed E-state index contributed by atoms with van der Waals surface area (Å²) in [5.41, 5.74) is -0.242. The van der Waals surface area contributed by atoms with E-state index in [1.165, 1.54) is 18.4 Å². The lowest BCUT2D eigenvalue weighted by atomic mass is 10.5. The molecule has 0 aliphatic heterocycles. The molecule has 0 atom stereocenters. The molecule has 2 N–H and O–H groups in total. The van der Waals surface area contributed by atoms with Crippen molar-refractivity contribution in [1.82, 2.24) is 4.72 Å². The second-order valence-electron chi connectivity index (χ2n) is 3.69. The van der Waals surface area contributed by atoms with Crippen molar-refractivity contribution in [2.45, 2.75) is 10.8 Å². The lowest BCUT2D eigenvalue weighted by Crippen LogP contribution is -2.21. The molecular formula is C10H11N3O4S3. The minimum absolute atomic E-state index is 0.0786. The van der Waals surface area contributed by atoms with Gasteiger partial charge in [-0.25, -0.2) is 13.1 Å². The van der Waals surface area contributed by atoms with Crippen molar-refractivity contribution in [2.75, 3.05) is 12.4 Å². The van der Waals surface area contributed by atoms with E-state index in [2.05, 4.69) is 10.0 Å². The van der Waals surface area contributed by atoms with Gasteiger partial charge in [0.05, 0.1) is 4.92 Å². The van der Waals surface area contributed by atoms with E-state index < -0.39 is 14.9 Å². The van der Waals surface area contributed by atoms with E-state index in [1.54, 1.807) is 0 Å². The lowest BCUT2D eigenvalue weighted by Gasteiger charge is -2.02. The van der Waals surface area contributed by atoms with Crippen molar-refractivity contribution in [2.24, 2.45) is 0 Å². The third kappa shape index (κ3) is 3.15. The van der Waals surface area contributed by atoms with E-state index in [0.29, 0.717) is 0 Å². The minimum atomic E-state index is -3.75. The molecule has 20 heavy (non-hydrogen) atoms. The molecule has 2 aromatic heterocycles. The third-order valence-corrected chi connectivity index (χ3v) is 6.29. The summed E-state index contributed by atoms with van der Waals surface area (Å²) in [6.45, 7) is 0.167. The van der Waals surface area contributed by atoms with Crippen molar-refractivity contribution < 1.29 is 13.3 Å². The van der Waals surface area contributed by atoms with E-state index in [1.807, 2.05) is 17.5 Å². The molecule has 0 aromatic carbocycles. The quantitative estimate of drug-likeness (QED) is 0.623. The van der Waals surface area contributed by atoms with Crippen molar-refractivity contribution >= 4 is 43.4 Å². The maximum atomic E-state index is 12.1. The molecule has 2 heterocycles. The summed E-state index contributed by atoms with van der Waals surface area (Å²) in [6, 6.07) is 4.69. The zero-order valence-corrected chi connectivity index (χ0v) is 12.8. The molecule has 0 spiro atoms. The van der Waals surface area contributed by atoms with Gasteiger partial charge in [-0.05, 0) is 11.4 Å². The normalized spacial score (nSPS) is 11.4. The number of hydrogen-bond donors (Lipinski definition) is 2. The Morgan fingerprint density at radius 1 is 1.45 bits per heavy atom. The van der Waals surface area contributed by atoms with Crippen LogP contribution in [0.3, 0.4) is 0 Å². The van der Waals surface area contributed by atoms with Crippen molar-refractivity contribution in [3.63, 3.8) is 0 Å². The zero-order chi connectivity index (χ0) is 14.8. The first-order valence-electron chi connectivity index (χ1n) is 5.42. The predicted octanol–water partition coefficient (Wildman–Crippen LogP) is 2.24. The van der Waals surface area contributed by atoms with E-state index in [9.17, 15) is 18.5 Å². The second-order valence-corrected chi connectivity index (χ2v) is 7.77. The Labute approximate surface area is 123 Å². The standard InChI is InChI=1S/C10H11N3O4S3/c1-11-10-8(13(14)15)5-9(19-10)20(16,17)12-6-7-3-2-4-18-7/h2-5,11-12H,6H2,1H3. The Morgan fingerprint density at radius 2 is 2.20 bits per heavy atom. The molecule has 108 valence electrons. The molecule has 0 amide bonds. The highest BCUT2D eigenvalue weighted by Crippen LogP contribution is 2.36. The number of nitrogens with zero attached hydrogens (tertiary/aromatic N) is 1. The van der Waals surface area contributed by atoms with Crippen molar-refractivity contribution in [1.29, 1.82) is 0 Å². The van der Waals surface area contributed by atoms with Crippen molar-refractivity contribution in [3.8, 4) is 0 Å². The second kappa shape index (κ2) is 5.87. The molecule has 7 nitrogen and oxygen atoms in total. The third-order valence-electron chi connectivity index (χ3n) is 2.40. The van der Waals surface area contributed by atoms with Gasteiger partial charge in [0.15, 0.2) is 5.00 Å². The molecule has 0 fully saturated rings. The summed E-state index contributed by atoms with van der Waals surface area (Å²) in [4.78, 5) is 11.1. The summed E-state index contributed by atoms with van der Waals surface area (Å²) in [7, 11) is -2.24. The Balaban J connectivity index is 2.23. The van der Waals surface area contributed by atoms with Crippen LogP contribution in [0.25, 0.3) is 0 Å². The van der Waals surface area contributed by atoms with Crippen LogP contribution in [0.4, 0.5) is 10.7 Å². The van der Waals surface area contributed by atoms with Crippen LogP contribution in [0, 0.1) is 10.1 Å². The topological polar surface area (TPSA) is 101 Å². The average molecular weight is 333 g/mol. The molecule has 0 aliphatic carbocycles. The highest BCUT2D eigenvalue weighted by atomic mass is 32.2. The number of thiophene rings is 2. The summed E-state index contributed by atoms with van der Waals surface area (Å²) in [6.07, 6.45) is 0. The number of nitro groups is 1. The Morgan fingerprint density at radius 3 is 2.70 bits per heavy atom. The summed E-state index contributed by atoms with van der Waals surface area (Å²) < 4.78 is 26.5. The number of sulfonamides is 1. The number of anilines is 1. The Bertz CT molecular complexity index is 706. The smallest absolute Gasteiger partial charge is 0.304 e. The van der Waals surface area contributed by atoms with Crippen LogP contribution >= 0.6 is 22.7 Å². The van der Waals surface area contributed by atoms with Gasteiger partial charge in [0.25, 0.3) is 10.0 Å². The van der Waals surface area contributed by atoms with Crippen LogP contribution in [-0.4, -0.2) is 20.4 Å². The fraction of sp³-hybridized carbons (Fsp3) is 0.200. The van der Waals surface area contributed by atoms with Crippen LogP contribution in [-0.2, 0) is 16.6 Å². The molecule has 0 saturated carbocycles. The SMILES string of the molecule is CNc1sc(S(=O)(=O)NCc2cccs2)cc1[N+](=O)[O-]. The van der Waals surface area contributed by atoms with Crippen LogP contribution in [0.1, 0.15) is 4.88 Å². The van der Waals surface area contributed by atoms with Gasteiger partial charge in [-0.2, -0.15) is 0 Å². The molecule has 2 aromatic rings. The zero-order valence-electron chi connectivity index (χ0n) is 10.3. The maximum Gasteiger partial charge on any atom is 0.304 e. The molecule has 10 heteroatoms. The van der Waals surface area contributed by atoms with Gasteiger partial charge in [0, 0.05) is 24.5 Å². The summed E-state index contributed by atoms with van der Waals surface area (Å²) in [5.74, 6) is 0. The molecule has 0 saturated heterocycles. The van der Waals surface area contributed by atoms with E-state index in [4.69, 9.17) is 0 Å². The monoisotopic (exact) mass is 333 g/mol. The Hall–Kier alpha value is -1.49. The number of rotatable bonds is 6. The number of hydrogen-bond acceptors (Lipinski definition) is 7. The van der Waals surface area contributed by atoms with Gasteiger partial charge in [-0.15, -0.1) is 11.3 Å². The van der Waals surface area contributed by atoms with Crippen LogP contribution in [0.15, 0.2) is 27.8 Å². The average Bonchev–Trinajstić information content (AvgIpc) is 3.05. The van der Waals surface area contributed by atoms with Crippen LogP contribution in [0.5, 0.6) is 0 Å². The fourth-order valence-electron chi connectivity index (χ4n) is 1.46. The molecule has 0 bridgehead atoms. The van der Waals surface area contributed by atoms with Gasteiger partial charge >= 0.3 is 5.69 Å². The van der Waals surface area contributed by atoms with Gasteiger partial charge in [0.2, 0.25) is 0 Å². The number of nitrogens with one attached hydrogen (secondary N) is 2.